The van der Waals surface area contributed by atoms with E-state index in [1.54, 1.807) is 18.3 Å². The van der Waals surface area contributed by atoms with Crippen molar-refractivity contribution in [1.29, 1.82) is 0 Å². The Morgan fingerprint density at radius 3 is 2.79 bits per heavy atom. The molecule has 0 aliphatic heterocycles. The summed E-state index contributed by atoms with van der Waals surface area (Å²) in [6, 6.07) is 3.31. The van der Waals surface area contributed by atoms with Crippen molar-refractivity contribution in [3.8, 4) is 0 Å². The van der Waals surface area contributed by atoms with Crippen LogP contribution in [0.1, 0.15) is 37.3 Å². The lowest BCUT2D eigenvalue weighted by Gasteiger charge is -2.25. The third kappa shape index (κ3) is 2.14. The van der Waals surface area contributed by atoms with Crippen LogP contribution in [0.15, 0.2) is 23.1 Å². The summed E-state index contributed by atoms with van der Waals surface area (Å²) in [5, 5.41) is 11.8. The Morgan fingerprint density at radius 2 is 2.11 bits per heavy atom. The number of carboxylic acids is 1. The Bertz CT molecular complexity index is 665. The summed E-state index contributed by atoms with van der Waals surface area (Å²) in [5.41, 5.74) is 1.28. The molecule has 1 saturated carbocycles. The van der Waals surface area contributed by atoms with Crippen molar-refractivity contribution < 1.29 is 9.90 Å². The monoisotopic (exact) mass is 261 g/mol. The van der Waals surface area contributed by atoms with Crippen molar-refractivity contribution in [1.82, 2.24) is 14.6 Å². The Morgan fingerprint density at radius 1 is 1.37 bits per heavy atom. The first-order valence-corrected chi connectivity index (χ1v) is 6.45. The zero-order valence-corrected chi connectivity index (χ0v) is 10.4. The lowest BCUT2D eigenvalue weighted by atomic mass is 9.80. The number of carboxylic acid groups (broad SMARTS) is 1. The highest BCUT2D eigenvalue weighted by molar-refractivity contribution is 5.70. The summed E-state index contributed by atoms with van der Waals surface area (Å²) in [6.45, 7) is 0. The molecule has 6 heteroatoms. The average molecular weight is 261 g/mol. The van der Waals surface area contributed by atoms with Gasteiger partial charge in [-0.1, -0.05) is 0 Å². The van der Waals surface area contributed by atoms with Gasteiger partial charge in [0.2, 0.25) is 0 Å². The van der Waals surface area contributed by atoms with Gasteiger partial charge in [-0.15, -0.1) is 0 Å². The molecule has 2 heterocycles. The van der Waals surface area contributed by atoms with Gasteiger partial charge in [0, 0.05) is 24.2 Å². The predicted octanol–water partition coefficient (Wildman–Crippen LogP) is 1.38. The molecule has 1 aliphatic rings. The van der Waals surface area contributed by atoms with Gasteiger partial charge < -0.3 is 5.11 Å². The van der Waals surface area contributed by atoms with Crippen molar-refractivity contribution in [3.63, 3.8) is 0 Å². The smallest absolute Gasteiger partial charge is 0.306 e. The number of carbonyl (C=O) groups is 1. The molecule has 19 heavy (non-hydrogen) atoms. The predicted molar refractivity (Wildman–Crippen MR) is 68.1 cm³/mol. The number of aromatic nitrogens is 3. The average Bonchev–Trinajstić information content (AvgIpc) is 2.87. The van der Waals surface area contributed by atoms with Crippen molar-refractivity contribution >= 4 is 11.6 Å². The molecule has 2 N–H and O–H groups in total. The molecule has 6 nitrogen and oxygen atoms in total. The van der Waals surface area contributed by atoms with E-state index >= 15 is 0 Å². The highest BCUT2D eigenvalue weighted by atomic mass is 16.4. The highest BCUT2D eigenvalue weighted by Gasteiger charge is 2.27. The van der Waals surface area contributed by atoms with Gasteiger partial charge in [0.15, 0.2) is 5.65 Å². The van der Waals surface area contributed by atoms with Gasteiger partial charge >= 0.3 is 5.97 Å². The van der Waals surface area contributed by atoms with E-state index in [-0.39, 0.29) is 17.4 Å². The van der Waals surface area contributed by atoms with Gasteiger partial charge in [0.05, 0.1) is 11.6 Å². The van der Waals surface area contributed by atoms with Crippen LogP contribution in [0.25, 0.3) is 5.65 Å². The minimum Gasteiger partial charge on any atom is -0.481 e. The number of nitrogens with zero attached hydrogens (tertiary/aromatic N) is 2. The third-order valence-corrected chi connectivity index (χ3v) is 3.90. The fraction of sp³-hybridized carbons (Fsp3) is 0.462. The molecule has 0 atom stereocenters. The first-order chi connectivity index (χ1) is 9.15. The lowest BCUT2D eigenvalue weighted by Crippen LogP contribution is -2.23. The molecule has 0 saturated heterocycles. The molecule has 3 rings (SSSR count). The Kier molecular flexibility index (Phi) is 2.85. The maximum absolute atomic E-state index is 11.9. The number of aliphatic carboxylic acids is 1. The molecule has 2 aromatic heterocycles. The summed E-state index contributed by atoms with van der Waals surface area (Å²) in [6.07, 6.45) is 4.56. The summed E-state index contributed by atoms with van der Waals surface area (Å²) < 4.78 is 1.40. The maximum Gasteiger partial charge on any atom is 0.306 e. The van der Waals surface area contributed by atoms with Crippen LogP contribution < -0.4 is 5.56 Å². The van der Waals surface area contributed by atoms with Gasteiger partial charge in [0.1, 0.15) is 0 Å². The summed E-state index contributed by atoms with van der Waals surface area (Å²) in [4.78, 5) is 27.3. The molecule has 0 bridgehead atoms. The number of hydrogen-bond acceptors (Lipinski definition) is 3. The van der Waals surface area contributed by atoms with Crippen molar-refractivity contribution in [2.24, 2.45) is 5.92 Å². The molecule has 1 aliphatic carbocycles. The maximum atomic E-state index is 11.9. The van der Waals surface area contributed by atoms with Crippen LogP contribution in [0.3, 0.4) is 0 Å². The third-order valence-electron chi connectivity index (χ3n) is 3.90. The van der Waals surface area contributed by atoms with Crippen LogP contribution in [0.5, 0.6) is 0 Å². The van der Waals surface area contributed by atoms with Crippen LogP contribution in [0.4, 0.5) is 0 Å². The second kappa shape index (κ2) is 4.53. The van der Waals surface area contributed by atoms with E-state index in [0.29, 0.717) is 18.5 Å². The number of H-pyrrole nitrogens is 1. The molecule has 100 valence electrons. The Balaban J connectivity index is 1.85. The number of hydrogen-bond donors (Lipinski definition) is 2. The molecular formula is C13H15N3O3. The van der Waals surface area contributed by atoms with Gasteiger partial charge in [-0.2, -0.15) is 0 Å². The molecule has 0 radical (unpaired) electrons. The topological polar surface area (TPSA) is 87.5 Å². The molecule has 0 aromatic carbocycles. The zero-order chi connectivity index (χ0) is 13.4. The second-order valence-corrected chi connectivity index (χ2v) is 5.06. The number of rotatable bonds is 2. The number of aromatic amines is 1. The molecular weight excluding hydrogens is 246 g/mol. The number of fused-ring (bicyclic) bond motifs is 1. The second-order valence-electron chi connectivity index (χ2n) is 5.06. The van der Waals surface area contributed by atoms with Crippen LogP contribution in [-0.2, 0) is 4.79 Å². The summed E-state index contributed by atoms with van der Waals surface area (Å²) in [7, 11) is 0. The van der Waals surface area contributed by atoms with Gasteiger partial charge in [-0.3, -0.25) is 14.7 Å². The SMILES string of the molecule is O=C(O)C1CCC(c2cc(=O)n3[nH]ccc3n2)CC1. The van der Waals surface area contributed by atoms with Crippen LogP contribution in [0.2, 0.25) is 0 Å². The molecule has 1 fully saturated rings. The van der Waals surface area contributed by atoms with E-state index in [1.807, 2.05) is 0 Å². The van der Waals surface area contributed by atoms with Gasteiger partial charge in [0.25, 0.3) is 5.56 Å². The Labute approximate surface area is 109 Å². The standard InChI is InChI=1S/C13H15N3O3/c17-12-7-10(15-11-5-6-14-16(11)12)8-1-3-9(4-2-8)13(18)19/h5-9,14H,1-4H2,(H,18,19). The van der Waals surface area contributed by atoms with Crippen molar-refractivity contribution in [2.75, 3.05) is 0 Å². The van der Waals surface area contributed by atoms with E-state index < -0.39 is 5.97 Å². The normalized spacial score (nSPS) is 23.6. The zero-order valence-electron chi connectivity index (χ0n) is 10.4. The van der Waals surface area contributed by atoms with Gasteiger partial charge in [-0.05, 0) is 25.7 Å². The fourth-order valence-corrected chi connectivity index (χ4v) is 2.79. The number of nitrogens with one attached hydrogen (secondary N) is 1. The quantitative estimate of drug-likeness (QED) is 0.855. The summed E-state index contributed by atoms with van der Waals surface area (Å²) in [5.74, 6) is -0.760. The van der Waals surface area contributed by atoms with E-state index in [2.05, 4.69) is 10.1 Å². The molecule has 0 spiro atoms. The first kappa shape index (κ1) is 12.0. The van der Waals surface area contributed by atoms with Crippen LogP contribution in [0, 0.1) is 5.92 Å². The fourth-order valence-electron chi connectivity index (χ4n) is 2.79. The van der Waals surface area contributed by atoms with Crippen molar-refractivity contribution in [2.45, 2.75) is 31.6 Å². The van der Waals surface area contributed by atoms with E-state index in [1.165, 1.54) is 4.52 Å². The molecule has 0 amide bonds. The lowest BCUT2D eigenvalue weighted by molar-refractivity contribution is -0.142. The molecule has 2 aromatic rings. The van der Waals surface area contributed by atoms with Gasteiger partial charge in [-0.25, -0.2) is 9.50 Å². The largest absolute Gasteiger partial charge is 0.481 e. The van der Waals surface area contributed by atoms with E-state index in [9.17, 15) is 9.59 Å². The first-order valence-electron chi connectivity index (χ1n) is 6.45. The highest BCUT2D eigenvalue weighted by Crippen LogP contribution is 2.34. The molecule has 0 unspecified atom stereocenters. The van der Waals surface area contributed by atoms with E-state index in [0.717, 1.165) is 18.5 Å². The van der Waals surface area contributed by atoms with Crippen molar-refractivity contribution in [3.05, 3.63) is 34.4 Å². The van der Waals surface area contributed by atoms with Crippen LogP contribution >= 0.6 is 0 Å². The summed E-state index contributed by atoms with van der Waals surface area (Å²) >= 11 is 0. The minimum atomic E-state index is -0.715. The Hall–Kier alpha value is -2.11. The van der Waals surface area contributed by atoms with E-state index in [4.69, 9.17) is 5.11 Å². The van der Waals surface area contributed by atoms with Crippen LogP contribution in [-0.4, -0.2) is 25.7 Å². The minimum absolute atomic E-state index is 0.120.